The van der Waals surface area contributed by atoms with Crippen molar-refractivity contribution >= 4 is 5.97 Å². The second-order valence-corrected chi connectivity index (χ2v) is 2.64. The molecule has 0 heterocycles. The van der Waals surface area contributed by atoms with Gasteiger partial charge >= 0.3 is 5.97 Å². The molecule has 2 unspecified atom stereocenters. The van der Waals surface area contributed by atoms with E-state index in [9.17, 15) is 9.90 Å². The molecule has 60 valence electrons. The van der Waals surface area contributed by atoms with E-state index in [2.05, 4.69) is 0 Å². The number of aliphatic hydroxyl groups is 1. The summed E-state index contributed by atoms with van der Waals surface area (Å²) in [6.45, 7) is 1.83. The molecule has 2 N–H and O–H groups in total. The Morgan fingerprint density at radius 2 is 2.27 bits per heavy atom. The molecule has 1 aliphatic carbocycles. The average molecular weight is 154 g/mol. The Bertz CT molecular complexity index is 227. The lowest BCUT2D eigenvalue weighted by Gasteiger charge is -2.15. The van der Waals surface area contributed by atoms with Crippen LogP contribution in [0.5, 0.6) is 0 Å². The molecule has 0 amide bonds. The lowest BCUT2D eigenvalue weighted by Crippen LogP contribution is -2.18. The molecule has 1 aliphatic rings. The van der Waals surface area contributed by atoms with E-state index in [-0.39, 0.29) is 11.5 Å². The third-order valence-electron chi connectivity index (χ3n) is 1.72. The molecule has 0 saturated carbocycles. The number of carboxylic acid groups (broad SMARTS) is 1. The molecule has 0 saturated heterocycles. The topological polar surface area (TPSA) is 57.5 Å². The van der Waals surface area contributed by atoms with Crippen LogP contribution in [0.1, 0.15) is 6.92 Å². The van der Waals surface area contributed by atoms with E-state index in [1.54, 1.807) is 6.08 Å². The minimum atomic E-state index is -0.993. The highest BCUT2D eigenvalue weighted by Gasteiger charge is 2.16. The smallest absolute Gasteiger partial charge is 0.335 e. The Labute approximate surface area is 64.7 Å². The predicted molar refractivity (Wildman–Crippen MR) is 40.0 cm³/mol. The van der Waals surface area contributed by atoms with E-state index >= 15 is 0 Å². The third-order valence-corrected chi connectivity index (χ3v) is 1.72. The third kappa shape index (κ3) is 1.68. The van der Waals surface area contributed by atoms with Crippen LogP contribution in [0.2, 0.25) is 0 Å². The van der Waals surface area contributed by atoms with Crippen LogP contribution in [0.25, 0.3) is 0 Å². The van der Waals surface area contributed by atoms with Gasteiger partial charge in [-0.15, -0.1) is 0 Å². The highest BCUT2D eigenvalue weighted by molar-refractivity contribution is 5.90. The van der Waals surface area contributed by atoms with E-state index < -0.39 is 12.1 Å². The number of carbonyl (C=O) groups is 1. The van der Waals surface area contributed by atoms with Gasteiger partial charge in [0.15, 0.2) is 0 Å². The quantitative estimate of drug-likeness (QED) is 0.580. The fourth-order valence-electron chi connectivity index (χ4n) is 0.903. The van der Waals surface area contributed by atoms with Gasteiger partial charge in [-0.1, -0.05) is 19.1 Å². The van der Waals surface area contributed by atoms with Crippen molar-refractivity contribution in [2.24, 2.45) is 5.92 Å². The molecule has 0 bridgehead atoms. The second kappa shape index (κ2) is 2.88. The minimum absolute atomic E-state index is 0.0121. The molecule has 0 spiro atoms. The van der Waals surface area contributed by atoms with Gasteiger partial charge in [0, 0.05) is 5.92 Å². The van der Waals surface area contributed by atoms with E-state index in [1.807, 2.05) is 6.92 Å². The van der Waals surface area contributed by atoms with Crippen molar-refractivity contribution in [1.29, 1.82) is 0 Å². The van der Waals surface area contributed by atoms with E-state index in [1.165, 1.54) is 12.2 Å². The molecule has 0 aromatic carbocycles. The lowest BCUT2D eigenvalue weighted by atomic mass is 9.96. The van der Waals surface area contributed by atoms with Crippen LogP contribution in [0.4, 0.5) is 0 Å². The van der Waals surface area contributed by atoms with Crippen molar-refractivity contribution in [3.63, 3.8) is 0 Å². The maximum absolute atomic E-state index is 10.4. The summed E-state index contributed by atoms with van der Waals surface area (Å²) in [5.41, 5.74) is 0.163. The van der Waals surface area contributed by atoms with E-state index in [0.29, 0.717) is 0 Å². The van der Waals surface area contributed by atoms with Crippen LogP contribution >= 0.6 is 0 Å². The molecule has 1 rings (SSSR count). The van der Waals surface area contributed by atoms with Gasteiger partial charge in [0.2, 0.25) is 0 Å². The predicted octanol–water partition coefficient (Wildman–Crippen LogP) is 0.564. The van der Waals surface area contributed by atoms with Crippen LogP contribution < -0.4 is 0 Å². The van der Waals surface area contributed by atoms with Gasteiger partial charge in [0.05, 0.1) is 11.7 Å². The van der Waals surface area contributed by atoms with Crippen molar-refractivity contribution in [3.05, 3.63) is 23.8 Å². The van der Waals surface area contributed by atoms with Crippen molar-refractivity contribution in [2.45, 2.75) is 13.0 Å². The molecule has 3 heteroatoms. The van der Waals surface area contributed by atoms with Crippen LogP contribution in [-0.2, 0) is 4.79 Å². The normalized spacial score (nSPS) is 29.8. The Kier molecular flexibility index (Phi) is 2.10. The monoisotopic (exact) mass is 154 g/mol. The average Bonchev–Trinajstić information content (AvgIpc) is 1.94. The van der Waals surface area contributed by atoms with Crippen LogP contribution in [0.15, 0.2) is 23.8 Å². The minimum Gasteiger partial charge on any atom is -0.478 e. The highest BCUT2D eigenvalue weighted by Crippen LogP contribution is 2.15. The lowest BCUT2D eigenvalue weighted by molar-refractivity contribution is -0.132. The zero-order valence-corrected chi connectivity index (χ0v) is 6.19. The van der Waals surface area contributed by atoms with Gasteiger partial charge < -0.3 is 10.2 Å². The molecule has 3 nitrogen and oxygen atoms in total. The fraction of sp³-hybridized carbons (Fsp3) is 0.375. The van der Waals surface area contributed by atoms with Crippen molar-refractivity contribution in [1.82, 2.24) is 0 Å². The Hall–Kier alpha value is -1.09. The van der Waals surface area contributed by atoms with Gasteiger partial charge in [-0.3, -0.25) is 0 Å². The molecule has 11 heavy (non-hydrogen) atoms. The van der Waals surface area contributed by atoms with Crippen molar-refractivity contribution in [2.75, 3.05) is 0 Å². The first-order chi connectivity index (χ1) is 5.11. The molecule has 0 aliphatic heterocycles. The van der Waals surface area contributed by atoms with E-state index in [0.717, 1.165) is 0 Å². The summed E-state index contributed by atoms with van der Waals surface area (Å²) in [7, 11) is 0. The summed E-state index contributed by atoms with van der Waals surface area (Å²) in [6, 6.07) is 0. The summed E-state index contributed by atoms with van der Waals surface area (Å²) in [4.78, 5) is 10.4. The summed E-state index contributed by atoms with van der Waals surface area (Å²) in [6.07, 6.45) is 3.90. The van der Waals surface area contributed by atoms with Gasteiger partial charge in [0.1, 0.15) is 0 Å². The highest BCUT2D eigenvalue weighted by atomic mass is 16.4. The molecular weight excluding hydrogens is 144 g/mol. The Morgan fingerprint density at radius 1 is 1.64 bits per heavy atom. The second-order valence-electron chi connectivity index (χ2n) is 2.64. The molecule has 0 aromatic rings. The fourth-order valence-corrected chi connectivity index (χ4v) is 0.903. The Balaban J connectivity index is 2.80. The van der Waals surface area contributed by atoms with E-state index in [4.69, 9.17) is 5.11 Å². The summed E-state index contributed by atoms with van der Waals surface area (Å²) in [5, 5.41) is 17.7. The van der Waals surface area contributed by atoms with Crippen LogP contribution in [-0.4, -0.2) is 22.3 Å². The number of carboxylic acids is 1. The molecular formula is C8H10O3. The standard InChI is InChI=1S/C8H10O3/c1-5-2-3-6(8(10)11)4-7(5)9/h2-5,7,9H,1H3,(H,10,11). The number of rotatable bonds is 1. The first-order valence-corrected chi connectivity index (χ1v) is 3.42. The molecule has 2 atom stereocenters. The maximum atomic E-state index is 10.4. The summed E-state index contributed by atoms with van der Waals surface area (Å²) < 4.78 is 0. The summed E-state index contributed by atoms with van der Waals surface area (Å²) >= 11 is 0. The molecule has 0 fully saturated rings. The number of hydrogen-bond acceptors (Lipinski definition) is 2. The van der Waals surface area contributed by atoms with Gasteiger partial charge in [-0.2, -0.15) is 0 Å². The van der Waals surface area contributed by atoms with Gasteiger partial charge in [-0.25, -0.2) is 4.79 Å². The number of hydrogen-bond donors (Lipinski definition) is 2. The zero-order chi connectivity index (χ0) is 8.43. The van der Waals surface area contributed by atoms with Crippen LogP contribution in [0, 0.1) is 5.92 Å². The van der Waals surface area contributed by atoms with Crippen molar-refractivity contribution in [3.8, 4) is 0 Å². The largest absolute Gasteiger partial charge is 0.478 e. The van der Waals surface area contributed by atoms with Crippen molar-refractivity contribution < 1.29 is 15.0 Å². The SMILES string of the molecule is CC1C=CC(C(=O)O)=CC1O. The van der Waals surface area contributed by atoms with Gasteiger partial charge in [-0.05, 0) is 6.08 Å². The summed E-state index contributed by atoms with van der Waals surface area (Å²) in [5.74, 6) is -0.981. The van der Waals surface area contributed by atoms with Gasteiger partial charge in [0.25, 0.3) is 0 Å². The zero-order valence-electron chi connectivity index (χ0n) is 6.19. The first-order valence-electron chi connectivity index (χ1n) is 3.42. The number of aliphatic hydroxyl groups excluding tert-OH is 1. The Morgan fingerprint density at radius 3 is 2.73 bits per heavy atom. The first kappa shape index (κ1) is 8.01. The molecule has 0 aromatic heterocycles. The molecule has 0 radical (unpaired) electrons. The number of aliphatic carboxylic acids is 1. The maximum Gasteiger partial charge on any atom is 0.335 e. The van der Waals surface area contributed by atoms with Crippen LogP contribution in [0.3, 0.4) is 0 Å².